The predicted molar refractivity (Wildman–Crippen MR) is 106 cm³/mol. The summed E-state index contributed by atoms with van der Waals surface area (Å²) in [5, 5.41) is 14.2. The minimum atomic E-state index is -1.97. The lowest BCUT2D eigenvalue weighted by atomic mass is 9.86. The third-order valence-electron chi connectivity index (χ3n) is 5.39. The van der Waals surface area contributed by atoms with Crippen LogP contribution in [0.25, 0.3) is 0 Å². The largest absolute Gasteiger partial charge is 0.453 e. The maximum atomic E-state index is 12.9. The molecule has 2 N–H and O–H groups in total. The molecule has 0 radical (unpaired) electrons. The predicted octanol–water partition coefficient (Wildman–Crippen LogP) is 3.16. The van der Waals surface area contributed by atoms with E-state index in [0.29, 0.717) is 17.0 Å². The first-order valence-electron chi connectivity index (χ1n) is 9.80. The van der Waals surface area contributed by atoms with Gasteiger partial charge in [0.2, 0.25) is 5.60 Å². The van der Waals surface area contributed by atoms with E-state index in [1.54, 1.807) is 60.7 Å². The Morgan fingerprint density at radius 2 is 1.46 bits per heavy atom. The highest BCUT2D eigenvalue weighted by Crippen LogP contribution is 2.31. The first-order chi connectivity index (χ1) is 13.5. The zero-order valence-corrected chi connectivity index (χ0v) is 16.1. The smallest absolute Gasteiger partial charge is 0.348 e. The molecule has 2 aromatic carbocycles. The van der Waals surface area contributed by atoms with Gasteiger partial charge in [0.05, 0.1) is 0 Å². The lowest BCUT2D eigenvalue weighted by Gasteiger charge is -2.28. The molecule has 1 aliphatic rings. The third kappa shape index (κ3) is 4.60. The van der Waals surface area contributed by atoms with E-state index < -0.39 is 18.2 Å². The normalized spacial score (nSPS) is 19.6. The van der Waals surface area contributed by atoms with Gasteiger partial charge in [-0.05, 0) is 42.7 Å². The first-order valence-corrected chi connectivity index (χ1v) is 9.80. The molecule has 0 spiro atoms. The lowest BCUT2D eigenvalue weighted by Crippen LogP contribution is -2.43. The molecule has 0 aliphatic heterocycles. The van der Waals surface area contributed by atoms with Crippen molar-refractivity contribution in [3.8, 4) is 0 Å². The van der Waals surface area contributed by atoms with Crippen molar-refractivity contribution in [2.75, 3.05) is 6.61 Å². The molecule has 0 aromatic heterocycles. The highest BCUT2D eigenvalue weighted by Gasteiger charge is 2.41. The Morgan fingerprint density at radius 3 is 1.96 bits per heavy atom. The second-order valence-corrected chi connectivity index (χ2v) is 7.54. The van der Waals surface area contributed by atoms with Crippen LogP contribution in [0.1, 0.15) is 43.7 Å². The summed E-state index contributed by atoms with van der Waals surface area (Å²) in [6, 6.07) is 17.4. The maximum Gasteiger partial charge on any atom is 0.348 e. The Bertz CT molecular complexity index is 743. The van der Waals surface area contributed by atoms with Crippen LogP contribution in [0, 0.1) is 5.92 Å². The summed E-state index contributed by atoms with van der Waals surface area (Å²) in [5.74, 6) is -0.508. The van der Waals surface area contributed by atoms with Gasteiger partial charge in [0.1, 0.15) is 0 Å². The summed E-state index contributed by atoms with van der Waals surface area (Å²) in [5.41, 5.74) is -1.18. The van der Waals surface area contributed by atoms with Crippen LogP contribution in [-0.2, 0) is 19.9 Å². The second kappa shape index (κ2) is 9.02. The molecule has 5 nitrogen and oxygen atoms in total. The Labute approximate surface area is 165 Å². The van der Waals surface area contributed by atoms with Gasteiger partial charge in [0.25, 0.3) is 5.91 Å². The molecular weight excluding hydrogens is 354 g/mol. The molecule has 0 unspecified atom stereocenters. The van der Waals surface area contributed by atoms with Gasteiger partial charge in [0.15, 0.2) is 6.61 Å². The lowest BCUT2D eigenvalue weighted by molar-refractivity contribution is -0.164. The average molecular weight is 381 g/mol. The van der Waals surface area contributed by atoms with Crippen molar-refractivity contribution in [2.45, 2.75) is 44.2 Å². The van der Waals surface area contributed by atoms with Crippen molar-refractivity contribution in [2.24, 2.45) is 5.92 Å². The zero-order valence-electron chi connectivity index (χ0n) is 16.1. The number of hydrogen-bond acceptors (Lipinski definition) is 4. The van der Waals surface area contributed by atoms with Crippen molar-refractivity contribution in [1.82, 2.24) is 5.32 Å². The minimum absolute atomic E-state index is 0.129. The van der Waals surface area contributed by atoms with Crippen LogP contribution >= 0.6 is 0 Å². The second-order valence-electron chi connectivity index (χ2n) is 7.54. The van der Waals surface area contributed by atoms with E-state index in [2.05, 4.69) is 12.2 Å². The highest BCUT2D eigenvalue weighted by atomic mass is 16.6. The Morgan fingerprint density at radius 1 is 0.964 bits per heavy atom. The molecule has 1 aliphatic carbocycles. The number of aliphatic hydroxyl groups is 1. The fraction of sp³-hybridized carbons (Fsp3) is 0.391. The van der Waals surface area contributed by atoms with Crippen molar-refractivity contribution in [3.63, 3.8) is 0 Å². The Balaban J connectivity index is 1.68. The summed E-state index contributed by atoms with van der Waals surface area (Å²) >= 11 is 0. The number of ether oxygens (including phenoxy) is 1. The van der Waals surface area contributed by atoms with Gasteiger partial charge >= 0.3 is 5.97 Å². The van der Waals surface area contributed by atoms with Crippen molar-refractivity contribution < 1.29 is 19.4 Å². The number of amides is 1. The van der Waals surface area contributed by atoms with E-state index in [4.69, 9.17) is 4.74 Å². The fourth-order valence-corrected chi connectivity index (χ4v) is 3.67. The number of benzene rings is 2. The van der Waals surface area contributed by atoms with Crippen LogP contribution in [0.2, 0.25) is 0 Å². The van der Waals surface area contributed by atoms with Gasteiger partial charge in [-0.25, -0.2) is 4.79 Å². The molecular formula is C23H27NO4. The molecule has 28 heavy (non-hydrogen) atoms. The molecule has 0 atom stereocenters. The number of esters is 1. The van der Waals surface area contributed by atoms with Crippen LogP contribution < -0.4 is 5.32 Å². The fourth-order valence-electron chi connectivity index (χ4n) is 3.67. The number of nitrogens with one attached hydrogen (secondary N) is 1. The van der Waals surface area contributed by atoms with Gasteiger partial charge in [-0.1, -0.05) is 67.6 Å². The topological polar surface area (TPSA) is 75.6 Å². The summed E-state index contributed by atoms with van der Waals surface area (Å²) in [6.07, 6.45) is 4.07. The quantitative estimate of drug-likeness (QED) is 0.754. The molecule has 0 bridgehead atoms. The molecule has 2 aromatic rings. The Hall–Kier alpha value is -2.66. The summed E-state index contributed by atoms with van der Waals surface area (Å²) < 4.78 is 5.24. The van der Waals surface area contributed by atoms with Gasteiger partial charge in [-0.3, -0.25) is 4.79 Å². The van der Waals surface area contributed by atoms with E-state index in [9.17, 15) is 14.7 Å². The van der Waals surface area contributed by atoms with E-state index in [-0.39, 0.29) is 11.9 Å². The molecule has 3 rings (SSSR count). The van der Waals surface area contributed by atoms with Gasteiger partial charge in [-0.15, -0.1) is 0 Å². The van der Waals surface area contributed by atoms with Gasteiger partial charge in [-0.2, -0.15) is 0 Å². The van der Waals surface area contributed by atoms with Crippen molar-refractivity contribution in [1.29, 1.82) is 0 Å². The molecule has 5 heteroatoms. The maximum absolute atomic E-state index is 12.9. The number of carbonyl (C=O) groups excluding carboxylic acids is 2. The van der Waals surface area contributed by atoms with E-state index >= 15 is 0 Å². The molecule has 1 amide bonds. The number of carbonyl (C=O) groups is 2. The van der Waals surface area contributed by atoms with Crippen molar-refractivity contribution >= 4 is 11.9 Å². The molecule has 1 saturated carbocycles. The van der Waals surface area contributed by atoms with E-state index in [1.807, 2.05) is 0 Å². The van der Waals surface area contributed by atoms with Crippen LogP contribution in [-0.4, -0.2) is 29.6 Å². The molecule has 0 saturated heterocycles. The monoisotopic (exact) mass is 381 g/mol. The van der Waals surface area contributed by atoms with Crippen LogP contribution in [0.5, 0.6) is 0 Å². The molecule has 1 fully saturated rings. The summed E-state index contributed by atoms with van der Waals surface area (Å²) in [7, 11) is 0. The average Bonchev–Trinajstić information content (AvgIpc) is 2.74. The standard InChI is InChI=1S/C23H27NO4/c1-17-12-14-20(15-13-17)24-21(25)16-28-22(26)23(27,18-8-4-2-5-9-18)19-10-6-3-7-11-19/h2-11,17,20,27H,12-16H2,1H3,(H,24,25). The highest BCUT2D eigenvalue weighted by molar-refractivity contribution is 5.88. The minimum Gasteiger partial charge on any atom is -0.453 e. The third-order valence-corrected chi connectivity index (χ3v) is 5.39. The zero-order chi connectivity index (χ0) is 20.0. The van der Waals surface area contributed by atoms with Gasteiger partial charge in [0, 0.05) is 6.04 Å². The summed E-state index contributed by atoms with van der Waals surface area (Å²) in [6.45, 7) is 1.81. The number of rotatable bonds is 6. The molecule has 148 valence electrons. The molecule has 0 heterocycles. The van der Waals surface area contributed by atoms with E-state index in [0.717, 1.165) is 25.7 Å². The first kappa shape index (κ1) is 20.1. The van der Waals surface area contributed by atoms with Crippen LogP contribution in [0.15, 0.2) is 60.7 Å². The van der Waals surface area contributed by atoms with Crippen LogP contribution in [0.4, 0.5) is 0 Å². The summed E-state index contributed by atoms with van der Waals surface area (Å²) in [4.78, 5) is 25.1. The number of hydrogen-bond donors (Lipinski definition) is 2. The Kier molecular flexibility index (Phi) is 6.47. The van der Waals surface area contributed by atoms with E-state index in [1.165, 1.54) is 0 Å². The van der Waals surface area contributed by atoms with Gasteiger partial charge < -0.3 is 15.2 Å². The SMILES string of the molecule is CC1CCC(NC(=O)COC(=O)C(O)(c2ccccc2)c2ccccc2)CC1. The van der Waals surface area contributed by atoms with Crippen molar-refractivity contribution in [3.05, 3.63) is 71.8 Å². The van der Waals surface area contributed by atoms with Crippen LogP contribution in [0.3, 0.4) is 0 Å².